The highest BCUT2D eigenvalue weighted by Crippen LogP contribution is 2.21. The van der Waals surface area contributed by atoms with Gasteiger partial charge in [0.15, 0.2) is 0 Å². The number of halogens is 1. The lowest BCUT2D eigenvalue weighted by molar-refractivity contribution is 0.0954. The number of hydrogen-bond donors (Lipinski definition) is 1. The summed E-state index contributed by atoms with van der Waals surface area (Å²) in [5.74, 6) is -0.196. The van der Waals surface area contributed by atoms with Crippen molar-refractivity contribution in [1.29, 1.82) is 0 Å². The van der Waals surface area contributed by atoms with Gasteiger partial charge in [0.25, 0.3) is 5.91 Å². The number of carbonyl (C=O) groups excluding carboxylic acids is 1. The Morgan fingerprint density at radius 1 is 1.05 bits per heavy atom. The molecule has 0 unspecified atom stereocenters. The van der Waals surface area contributed by atoms with Crippen molar-refractivity contribution in [3.63, 3.8) is 0 Å². The molecule has 4 heteroatoms. The van der Waals surface area contributed by atoms with Crippen molar-refractivity contribution in [2.75, 3.05) is 0 Å². The number of nitrogens with one attached hydrogen (secondary N) is 1. The third-order valence-electron chi connectivity index (χ3n) is 3.60. The lowest BCUT2D eigenvalue weighted by atomic mass is 9.90. The third-order valence-corrected chi connectivity index (χ3v) is 4.29. The number of nitrogens with zero attached hydrogens (tertiary/aromatic N) is 1. The second kappa shape index (κ2) is 6.22. The molecular weight excluding hydrogens is 328 g/mol. The molecule has 0 bridgehead atoms. The summed E-state index contributed by atoms with van der Waals surface area (Å²) >= 11 is 3.38. The number of carbonyl (C=O) groups is 1. The van der Waals surface area contributed by atoms with E-state index >= 15 is 0 Å². The van der Waals surface area contributed by atoms with Crippen molar-refractivity contribution >= 4 is 27.5 Å². The first-order chi connectivity index (χ1) is 10.3. The summed E-state index contributed by atoms with van der Waals surface area (Å²) < 4.78 is 0.770. The molecule has 1 amide bonds. The molecule has 0 atom stereocenters. The molecule has 0 heterocycles. The van der Waals surface area contributed by atoms with Gasteiger partial charge in [-0.1, -0.05) is 36.4 Å². The van der Waals surface area contributed by atoms with E-state index in [9.17, 15) is 4.79 Å². The fourth-order valence-corrected chi connectivity index (χ4v) is 3.01. The normalized spacial score (nSPS) is 15.6. The van der Waals surface area contributed by atoms with Gasteiger partial charge >= 0.3 is 0 Å². The summed E-state index contributed by atoms with van der Waals surface area (Å²) in [5, 5.41) is 4.34. The van der Waals surface area contributed by atoms with Crippen LogP contribution in [0.5, 0.6) is 0 Å². The van der Waals surface area contributed by atoms with Gasteiger partial charge in [-0.05, 0) is 52.9 Å². The van der Waals surface area contributed by atoms with Gasteiger partial charge in [-0.15, -0.1) is 0 Å². The minimum absolute atomic E-state index is 0.196. The fourth-order valence-electron chi connectivity index (χ4n) is 2.54. The number of hydrazone groups is 1. The van der Waals surface area contributed by atoms with Gasteiger partial charge in [-0.3, -0.25) is 4.79 Å². The highest BCUT2D eigenvalue weighted by molar-refractivity contribution is 9.10. The summed E-state index contributed by atoms with van der Waals surface area (Å²) in [7, 11) is 0. The van der Waals surface area contributed by atoms with Gasteiger partial charge in [0, 0.05) is 10.0 Å². The van der Waals surface area contributed by atoms with Crippen LogP contribution in [-0.4, -0.2) is 11.6 Å². The van der Waals surface area contributed by atoms with E-state index in [1.165, 1.54) is 5.56 Å². The van der Waals surface area contributed by atoms with Crippen LogP contribution >= 0.6 is 15.9 Å². The standard InChI is InChI=1S/C17H15BrN2O/c18-15-10-4-3-9-14(15)17(21)20-19-16-11-5-7-12-6-1-2-8-13(12)16/h1-4,6,8-10H,5,7,11H2,(H,20,21). The highest BCUT2D eigenvalue weighted by atomic mass is 79.9. The minimum atomic E-state index is -0.196. The van der Waals surface area contributed by atoms with Crippen LogP contribution in [0, 0.1) is 0 Å². The van der Waals surface area contributed by atoms with E-state index in [2.05, 4.69) is 38.6 Å². The molecule has 0 aromatic heterocycles. The van der Waals surface area contributed by atoms with E-state index in [1.54, 1.807) is 6.07 Å². The van der Waals surface area contributed by atoms with Crippen LogP contribution in [0.1, 0.15) is 34.3 Å². The number of fused-ring (bicyclic) bond motifs is 1. The number of benzene rings is 2. The summed E-state index contributed by atoms with van der Waals surface area (Å²) in [6.07, 6.45) is 3.04. The van der Waals surface area contributed by atoms with Crippen LogP contribution in [0.2, 0.25) is 0 Å². The first-order valence-electron chi connectivity index (χ1n) is 6.95. The molecule has 0 saturated carbocycles. The van der Waals surface area contributed by atoms with Crippen molar-refractivity contribution in [1.82, 2.24) is 5.43 Å². The summed E-state index contributed by atoms with van der Waals surface area (Å²) in [4.78, 5) is 12.2. The second-order valence-corrected chi connectivity index (χ2v) is 5.84. The average molecular weight is 343 g/mol. The number of rotatable bonds is 2. The van der Waals surface area contributed by atoms with Gasteiger partial charge in [0.2, 0.25) is 0 Å². The zero-order chi connectivity index (χ0) is 14.7. The monoisotopic (exact) mass is 342 g/mol. The molecular formula is C17H15BrN2O. The summed E-state index contributed by atoms with van der Waals surface area (Å²) in [5.41, 5.74) is 6.67. The van der Waals surface area contributed by atoms with Crippen LogP contribution in [0.25, 0.3) is 0 Å². The average Bonchev–Trinajstić information content (AvgIpc) is 2.53. The second-order valence-electron chi connectivity index (χ2n) is 4.99. The zero-order valence-corrected chi connectivity index (χ0v) is 13.1. The molecule has 1 N–H and O–H groups in total. The van der Waals surface area contributed by atoms with E-state index in [4.69, 9.17) is 0 Å². The minimum Gasteiger partial charge on any atom is -0.267 e. The molecule has 1 aliphatic rings. The fraction of sp³-hybridized carbons (Fsp3) is 0.176. The Hall–Kier alpha value is -1.94. The topological polar surface area (TPSA) is 41.5 Å². The lowest BCUT2D eigenvalue weighted by Crippen LogP contribution is -2.22. The molecule has 2 aromatic carbocycles. The van der Waals surface area contributed by atoms with E-state index < -0.39 is 0 Å². The zero-order valence-electron chi connectivity index (χ0n) is 11.5. The van der Waals surface area contributed by atoms with Crippen molar-refractivity contribution in [3.8, 4) is 0 Å². The quantitative estimate of drug-likeness (QED) is 0.825. The molecule has 21 heavy (non-hydrogen) atoms. The van der Waals surface area contributed by atoms with Crippen molar-refractivity contribution in [3.05, 3.63) is 69.7 Å². The smallest absolute Gasteiger partial charge is 0.267 e. The SMILES string of the molecule is O=C(NN=C1CCCc2ccccc21)c1ccccc1Br. The Kier molecular flexibility index (Phi) is 4.15. The third kappa shape index (κ3) is 3.05. The molecule has 0 saturated heterocycles. The first kappa shape index (κ1) is 14.0. The number of aryl methyl sites for hydroxylation is 1. The number of hydrogen-bond acceptors (Lipinski definition) is 2. The van der Waals surface area contributed by atoms with Crippen LogP contribution < -0.4 is 5.43 Å². The molecule has 0 aliphatic heterocycles. The predicted molar refractivity (Wildman–Crippen MR) is 87.5 cm³/mol. The van der Waals surface area contributed by atoms with Crippen molar-refractivity contribution in [2.24, 2.45) is 5.10 Å². The molecule has 2 aromatic rings. The van der Waals surface area contributed by atoms with Crippen LogP contribution in [0.4, 0.5) is 0 Å². The summed E-state index contributed by atoms with van der Waals surface area (Å²) in [6.45, 7) is 0. The maximum absolute atomic E-state index is 12.2. The Morgan fingerprint density at radius 2 is 1.81 bits per heavy atom. The van der Waals surface area contributed by atoms with Gasteiger partial charge in [0.1, 0.15) is 0 Å². The maximum atomic E-state index is 12.2. The van der Waals surface area contributed by atoms with E-state index in [1.807, 2.05) is 30.3 Å². The van der Waals surface area contributed by atoms with Crippen molar-refractivity contribution < 1.29 is 4.79 Å². The molecule has 0 radical (unpaired) electrons. The molecule has 106 valence electrons. The van der Waals surface area contributed by atoms with E-state index in [0.29, 0.717) is 5.56 Å². The van der Waals surface area contributed by atoms with Gasteiger partial charge in [-0.2, -0.15) is 5.10 Å². The maximum Gasteiger partial charge on any atom is 0.272 e. The van der Waals surface area contributed by atoms with Crippen molar-refractivity contribution in [2.45, 2.75) is 19.3 Å². The van der Waals surface area contributed by atoms with Gasteiger partial charge < -0.3 is 0 Å². The largest absolute Gasteiger partial charge is 0.272 e. The molecule has 3 rings (SSSR count). The molecule has 1 aliphatic carbocycles. The van der Waals surface area contributed by atoms with Gasteiger partial charge in [-0.25, -0.2) is 5.43 Å². The predicted octanol–water partition coefficient (Wildman–Crippen LogP) is 3.92. The van der Waals surface area contributed by atoms with E-state index in [0.717, 1.165) is 35.0 Å². The molecule has 3 nitrogen and oxygen atoms in total. The lowest BCUT2D eigenvalue weighted by Gasteiger charge is -2.17. The molecule has 0 spiro atoms. The summed E-state index contributed by atoms with van der Waals surface area (Å²) in [6, 6.07) is 15.6. The Labute approximate surface area is 132 Å². The van der Waals surface area contributed by atoms with E-state index in [-0.39, 0.29) is 5.91 Å². The first-order valence-corrected chi connectivity index (χ1v) is 7.75. The Bertz CT molecular complexity index is 709. The Balaban J connectivity index is 1.82. The van der Waals surface area contributed by atoms with Crippen LogP contribution in [0.3, 0.4) is 0 Å². The molecule has 0 fully saturated rings. The Morgan fingerprint density at radius 3 is 2.67 bits per heavy atom. The van der Waals surface area contributed by atoms with Gasteiger partial charge in [0.05, 0.1) is 11.3 Å². The van der Waals surface area contributed by atoms with Crippen LogP contribution in [-0.2, 0) is 6.42 Å². The highest BCUT2D eigenvalue weighted by Gasteiger charge is 2.15. The number of amides is 1. The van der Waals surface area contributed by atoms with Crippen LogP contribution in [0.15, 0.2) is 58.1 Å².